The molecule has 2 aromatic carbocycles. The average molecular weight is 436 g/mol. The predicted octanol–water partition coefficient (Wildman–Crippen LogP) is -0.335. The molecular weight excluding hydrogens is 412 g/mol. The Kier molecular flexibility index (Phi) is 5.93. The molecule has 10 heteroatoms. The number of phenolic OH excluding ortho intramolecular Hbond substituents is 3. The van der Waals surface area contributed by atoms with Crippen molar-refractivity contribution in [2.75, 3.05) is 6.61 Å². The van der Waals surface area contributed by atoms with Crippen molar-refractivity contribution in [1.29, 1.82) is 0 Å². The number of rotatable bonds is 4. The number of ether oxygens (including phenoxy) is 3. The third-order valence-corrected chi connectivity index (χ3v) is 5.55. The van der Waals surface area contributed by atoms with Gasteiger partial charge in [-0.15, -0.1) is 0 Å². The number of aromatic hydroxyl groups is 3. The number of hydrogen-bond acceptors (Lipinski definition) is 10. The van der Waals surface area contributed by atoms with Crippen LogP contribution in [-0.4, -0.2) is 79.2 Å². The van der Waals surface area contributed by atoms with Crippen molar-refractivity contribution in [3.63, 3.8) is 0 Å². The summed E-state index contributed by atoms with van der Waals surface area (Å²) in [5.74, 6) is -0.288. The second-order valence-electron chi connectivity index (χ2n) is 7.65. The second-order valence-corrected chi connectivity index (χ2v) is 7.65. The summed E-state index contributed by atoms with van der Waals surface area (Å²) in [4.78, 5) is 0. The van der Waals surface area contributed by atoms with Gasteiger partial charge in [0.25, 0.3) is 0 Å². The molecular formula is C21H24O10. The normalized spacial score (nSPS) is 32.8. The summed E-state index contributed by atoms with van der Waals surface area (Å²) in [6, 6.07) is 8.69. The maximum atomic E-state index is 10.3. The summed E-state index contributed by atoms with van der Waals surface area (Å²) in [6.07, 6.45) is -8.58. The summed E-state index contributed by atoms with van der Waals surface area (Å²) < 4.78 is 17.4. The molecule has 0 spiro atoms. The standard InChI is InChI=1S/C21H24O10/c22-8-16-17(26)18(27)19(28)21(31-16)30-15-6-9-1-3-11(23)7-14(9)29-20(15)10-2-4-12(24)13(25)5-10/h1-5,7,15-28H,6,8H2/t15-,16+,17+,18-,19-,20+,21?/m0/s1. The molecule has 1 unspecified atom stereocenters. The molecule has 1 fully saturated rings. The fraction of sp³-hybridized carbons (Fsp3) is 0.429. The van der Waals surface area contributed by atoms with Gasteiger partial charge in [-0.2, -0.15) is 0 Å². The van der Waals surface area contributed by atoms with E-state index in [-0.39, 0.29) is 23.7 Å². The Balaban J connectivity index is 1.65. The van der Waals surface area contributed by atoms with Crippen LogP contribution >= 0.6 is 0 Å². The first-order valence-corrected chi connectivity index (χ1v) is 9.75. The van der Waals surface area contributed by atoms with Gasteiger partial charge in [0.1, 0.15) is 42.0 Å². The Bertz CT molecular complexity index is 932. The molecule has 2 aliphatic rings. The molecule has 7 atom stereocenters. The van der Waals surface area contributed by atoms with E-state index in [1.165, 1.54) is 30.3 Å². The molecule has 7 N–H and O–H groups in total. The molecule has 0 saturated carbocycles. The van der Waals surface area contributed by atoms with Crippen LogP contribution in [0, 0.1) is 0 Å². The maximum absolute atomic E-state index is 10.3. The first kappa shape index (κ1) is 21.6. The lowest BCUT2D eigenvalue weighted by Crippen LogP contribution is -2.60. The van der Waals surface area contributed by atoms with Gasteiger partial charge < -0.3 is 50.0 Å². The molecule has 0 aromatic heterocycles. The van der Waals surface area contributed by atoms with Gasteiger partial charge in [0.05, 0.1) is 6.61 Å². The molecule has 168 valence electrons. The van der Waals surface area contributed by atoms with Crippen molar-refractivity contribution < 1.29 is 50.0 Å². The number of aliphatic hydroxyl groups excluding tert-OH is 4. The van der Waals surface area contributed by atoms with E-state index in [1.54, 1.807) is 6.07 Å². The van der Waals surface area contributed by atoms with Crippen LogP contribution < -0.4 is 4.74 Å². The van der Waals surface area contributed by atoms with E-state index >= 15 is 0 Å². The van der Waals surface area contributed by atoms with Crippen LogP contribution in [0.2, 0.25) is 0 Å². The summed E-state index contributed by atoms with van der Waals surface area (Å²) in [6.45, 7) is -0.594. The minimum absolute atomic E-state index is 0.000597. The van der Waals surface area contributed by atoms with Crippen molar-refractivity contribution >= 4 is 0 Å². The molecule has 0 amide bonds. The van der Waals surface area contributed by atoms with Crippen molar-refractivity contribution in [3.8, 4) is 23.0 Å². The Hall–Kier alpha value is -2.60. The van der Waals surface area contributed by atoms with Gasteiger partial charge in [-0.1, -0.05) is 12.1 Å². The highest BCUT2D eigenvalue weighted by atomic mass is 16.7. The number of fused-ring (bicyclic) bond motifs is 1. The molecule has 0 radical (unpaired) electrons. The Labute approximate surface area is 177 Å². The molecule has 31 heavy (non-hydrogen) atoms. The van der Waals surface area contributed by atoms with E-state index in [0.29, 0.717) is 16.9 Å². The molecule has 2 aromatic rings. The summed E-state index contributed by atoms with van der Waals surface area (Å²) >= 11 is 0. The van der Waals surface area contributed by atoms with Crippen molar-refractivity contribution in [1.82, 2.24) is 0 Å². The van der Waals surface area contributed by atoms with E-state index in [9.17, 15) is 35.7 Å². The zero-order valence-corrected chi connectivity index (χ0v) is 16.3. The van der Waals surface area contributed by atoms with Gasteiger partial charge in [-0.25, -0.2) is 0 Å². The van der Waals surface area contributed by atoms with Gasteiger partial charge in [0.15, 0.2) is 23.9 Å². The first-order valence-electron chi connectivity index (χ1n) is 9.75. The first-order chi connectivity index (χ1) is 14.8. The smallest absolute Gasteiger partial charge is 0.187 e. The number of hydrogen-bond donors (Lipinski definition) is 7. The van der Waals surface area contributed by atoms with Crippen molar-refractivity contribution in [2.24, 2.45) is 0 Å². The molecule has 0 aliphatic carbocycles. The van der Waals surface area contributed by atoms with Crippen molar-refractivity contribution in [3.05, 3.63) is 47.5 Å². The Morgan fingerprint density at radius 2 is 1.68 bits per heavy atom. The predicted molar refractivity (Wildman–Crippen MR) is 104 cm³/mol. The highest BCUT2D eigenvalue weighted by Gasteiger charge is 2.46. The number of aliphatic hydroxyl groups is 4. The largest absolute Gasteiger partial charge is 0.508 e. The summed E-state index contributed by atoms with van der Waals surface area (Å²) in [5.41, 5.74) is 1.14. The zero-order valence-electron chi connectivity index (χ0n) is 16.3. The van der Waals surface area contributed by atoms with Crippen LogP contribution in [0.3, 0.4) is 0 Å². The summed E-state index contributed by atoms with van der Waals surface area (Å²) in [7, 11) is 0. The average Bonchev–Trinajstić information content (AvgIpc) is 2.75. The van der Waals surface area contributed by atoms with Gasteiger partial charge in [0.2, 0.25) is 0 Å². The number of benzene rings is 2. The van der Waals surface area contributed by atoms with E-state index in [0.717, 1.165) is 0 Å². The van der Waals surface area contributed by atoms with Crippen LogP contribution in [0.1, 0.15) is 17.2 Å². The third-order valence-electron chi connectivity index (χ3n) is 5.55. The Morgan fingerprint density at radius 3 is 2.39 bits per heavy atom. The minimum Gasteiger partial charge on any atom is -0.508 e. The highest BCUT2D eigenvalue weighted by Crippen LogP contribution is 2.41. The lowest BCUT2D eigenvalue weighted by molar-refractivity contribution is -0.317. The molecule has 2 aliphatic heterocycles. The molecule has 2 heterocycles. The van der Waals surface area contributed by atoms with Gasteiger partial charge >= 0.3 is 0 Å². The topological polar surface area (TPSA) is 169 Å². The zero-order chi connectivity index (χ0) is 22.3. The second kappa shape index (κ2) is 8.50. The summed E-state index contributed by atoms with van der Waals surface area (Å²) in [5, 5.41) is 69.1. The molecule has 10 nitrogen and oxygen atoms in total. The number of phenols is 3. The van der Waals surface area contributed by atoms with Gasteiger partial charge in [0, 0.05) is 12.5 Å². The quantitative estimate of drug-likeness (QED) is 0.315. The molecule has 1 saturated heterocycles. The van der Waals surface area contributed by atoms with Crippen LogP contribution in [0.15, 0.2) is 36.4 Å². The SMILES string of the molecule is OC[C@H]1OC(O[C@H]2Cc3ccc(O)cc3O[C@@H]2c2ccc(O)c(O)c2)[C@@H](O)[C@@H](O)[C@@H]1O. The molecule has 0 bridgehead atoms. The van der Waals surface area contributed by atoms with Crippen LogP contribution in [-0.2, 0) is 15.9 Å². The van der Waals surface area contributed by atoms with Gasteiger partial charge in [-0.3, -0.25) is 0 Å². The van der Waals surface area contributed by atoms with Crippen LogP contribution in [0.25, 0.3) is 0 Å². The van der Waals surface area contributed by atoms with E-state index < -0.39 is 49.5 Å². The van der Waals surface area contributed by atoms with Crippen LogP contribution in [0.5, 0.6) is 23.0 Å². The van der Waals surface area contributed by atoms with E-state index in [1.807, 2.05) is 0 Å². The highest BCUT2D eigenvalue weighted by molar-refractivity contribution is 5.45. The minimum atomic E-state index is -1.60. The van der Waals surface area contributed by atoms with Crippen LogP contribution in [0.4, 0.5) is 0 Å². The third kappa shape index (κ3) is 4.13. The van der Waals surface area contributed by atoms with Crippen molar-refractivity contribution in [2.45, 2.75) is 49.3 Å². The fourth-order valence-electron chi connectivity index (χ4n) is 3.83. The fourth-order valence-corrected chi connectivity index (χ4v) is 3.83. The molecule has 4 rings (SSSR count). The van der Waals surface area contributed by atoms with E-state index in [4.69, 9.17) is 14.2 Å². The monoisotopic (exact) mass is 436 g/mol. The van der Waals surface area contributed by atoms with E-state index in [2.05, 4.69) is 0 Å². The maximum Gasteiger partial charge on any atom is 0.187 e. The van der Waals surface area contributed by atoms with Gasteiger partial charge in [-0.05, 0) is 29.3 Å². The Morgan fingerprint density at radius 1 is 0.903 bits per heavy atom. The lowest BCUT2D eigenvalue weighted by atomic mass is 9.93. The lowest BCUT2D eigenvalue weighted by Gasteiger charge is -2.43.